The third-order valence-corrected chi connectivity index (χ3v) is 10.5. The van der Waals surface area contributed by atoms with Crippen molar-refractivity contribution in [2.75, 3.05) is 33.4 Å². The van der Waals surface area contributed by atoms with Gasteiger partial charge in [0.2, 0.25) is 16.3 Å². The minimum atomic E-state index is -3.94. The van der Waals surface area contributed by atoms with E-state index in [-0.39, 0.29) is 55.2 Å². The molecule has 9 nitrogen and oxygen atoms in total. The Kier molecular flexibility index (Phi) is 10.2. The fraction of sp³-hybridized carbons (Fsp3) is 0.270. The first-order valence-electron chi connectivity index (χ1n) is 15.7. The van der Waals surface area contributed by atoms with Gasteiger partial charge >= 0.3 is 0 Å². The predicted molar refractivity (Wildman–Crippen MR) is 178 cm³/mol. The normalized spacial score (nSPS) is 16.9. The van der Waals surface area contributed by atoms with Crippen LogP contribution in [0.25, 0.3) is 11.1 Å². The summed E-state index contributed by atoms with van der Waals surface area (Å²) in [6.45, 7) is -0.420. The van der Waals surface area contributed by atoms with Crippen molar-refractivity contribution in [3.05, 3.63) is 131 Å². The number of methoxy groups -OCH3 is 1. The molecule has 2 atom stereocenters. The van der Waals surface area contributed by atoms with E-state index in [2.05, 4.69) is 35.6 Å². The Hall–Kier alpha value is -4.55. The summed E-state index contributed by atoms with van der Waals surface area (Å²) in [6, 6.07) is 26.5. The van der Waals surface area contributed by atoms with Gasteiger partial charge < -0.3 is 24.6 Å². The number of rotatable bonds is 13. The number of carbonyl (C=O) groups is 1. The van der Waals surface area contributed by atoms with Crippen LogP contribution in [-0.4, -0.2) is 63.4 Å². The Morgan fingerprint density at radius 2 is 1.73 bits per heavy atom. The van der Waals surface area contributed by atoms with Crippen LogP contribution in [0.1, 0.15) is 34.6 Å². The van der Waals surface area contributed by atoms with Gasteiger partial charge in [-0.1, -0.05) is 54.6 Å². The fourth-order valence-corrected chi connectivity index (χ4v) is 7.48. The van der Waals surface area contributed by atoms with Gasteiger partial charge in [0.1, 0.15) is 11.6 Å². The fourth-order valence-electron chi connectivity index (χ4n) is 6.06. The van der Waals surface area contributed by atoms with E-state index in [1.165, 1.54) is 53.6 Å². The lowest BCUT2D eigenvalue weighted by Gasteiger charge is -2.30. The number of ether oxygens (including phenoxy) is 3. The van der Waals surface area contributed by atoms with E-state index >= 15 is 0 Å². The Bertz CT molecular complexity index is 1900. The molecule has 1 aliphatic heterocycles. The molecule has 2 N–H and O–H groups in total. The molecule has 0 spiro atoms. The lowest BCUT2D eigenvalue weighted by Crippen LogP contribution is -2.38. The number of fused-ring (bicyclic) bond motifs is 3. The number of nitrogens with zero attached hydrogens (tertiary/aromatic N) is 1. The van der Waals surface area contributed by atoms with E-state index in [9.17, 15) is 22.7 Å². The maximum absolute atomic E-state index is 13.4. The molecule has 0 bridgehead atoms. The molecule has 1 amide bonds. The summed E-state index contributed by atoms with van der Waals surface area (Å²) >= 11 is 0. The smallest absolute Gasteiger partial charge is 0.286 e. The van der Waals surface area contributed by atoms with Crippen LogP contribution in [0.15, 0.2) is 108 Å². The molecule has 0 fully saturated rings. The molecule has 48 heavy (non-hydrogen) atoms. The number of halogens is 1. The summed E-state index contributed by atoms with van der Waals surface area (Å²) in [6.07, 6.45) is 2.15. The molecule has 0 saturated carbocycles. The molecule has 250 valence electrons. The Morgan fingerprint density at radius 1 is 0.979 bits per heavy atom. The highest BCUT2D eigenvalue weighted by atomic mass is 32.2. The van der Waals surface area contributed by atoms with Crippen LogP contribution >= 0.6 is 0 Å². The Balaban J connectivity index is 1.18. The first-order valence-corrected chi connectivity index (χ1v) is 17.2. The van der Waals surface area contributed by atoms with Gasteiger partial charge in [0, 0.05) is 32.0 Å². The summed E-state index contributed by atoms with van der Waals surface area (Å²) < 4.78 is 58.5. The van der Waals surface area contributed by atoms with Crippen LogP contribution in [0.3, 0.4) is 0 Å². The third kappa shape index (κ3) is 7.44. The highest BCUT2D eigenvalue weighted by Gasteiger charge is 2.31. The van der Waals surface area contributed by atoms with Gasteiger partial charge in [-0.05, 0) is 82.3 Å². The van der Waals surface area contributed by atoms with Crippen LogP contribution in [0.4, 0.5) is 4.39 Å². The largest absolute Gasteiger partial charge is 0.497 e. The van der Waals surface area contributed by atoms with Gasteiger partial charge in [0.05, 0.1) is 25.2 Å². The number of benzene rings is 4. The second kappa shape index (κ2) is 14.7. The van der Waals surface area contributed by atoms with Crippen molar-refractivity contribution in [3.8, 4) is 16.9 Å². The molecule has 0 unspecified atom stereocenters. The van der Waals surface area contributed by atoms with Crippen molar-refractivity contribution >= 4 is 15.9 Å². The number of amides is 1. The predicted octanol–water partition coefficient (Wildman–Crippen LogP) is 5.14. The summed E-state index contributed by atoms with van der Waals surface area (Å²) in [5, 5.41) is 12.5. The summed E-state index contributed by atoms with van der Waals surface area (Å²) in [5.41, 5.74) is 6.62. The monoisotopic (exact) mass is 672 g/mol. The highest BCUT2D eigenvalue weighted by molar-refractivity contribution is 7.89. The molecule has 4 aromatic carbocycles. The molecule has 0 radical (unpaired) electrons. The molecule has 0 saturated heterocycles. The molecule has 6 rings (SSSR count). The van der Waals surface area contributed by atoms with Crippen molar-refractivity contribution in [3.63, 3.8) is 0 Å². The van der Waals surface area contributed by atoms with E-state index in [1.807, 2.05) is 12.1 Å². The molecular formula is C37H37FN2O7S. The Morgan fingerprint density at radius 3 is 2.48 bits per heavy atom. The van der Waals surface area contributed by atoms with Crippen molar-refractivity contribution < 1.29 is 36.9 Å². The van der Waals surface area contributed by atoms with Crippen LogP contribution in [0.2, 0.25) is 0 Å². The van der Waals surface area contributed by atoms with E-state index in [0.29, 0.717) is 12.2 Å². The second-order valence-electron chi connectivity index (χ2n) is 11.7. The van der Waals surface area contributed by atoms with Crippen molar-refractivity contribution in [1.82, 2.24) is 9.62 Å². The van der Waals surface area contributed by atoms with Crippen molar-refractivity contribution in [2.45, 2.75) is 36.5 Å². The SMILES string of the molecule is COc1ccc(S(=O)(=O)N(CCO)CCO[C@@H]2C[C@H](c3ccc4c(c3)Cc3ccccc3-4)C=C(C(=O)NCc3ccc(F)cc3)O2)cc1. The lowest BCUT2D eigenvalue weighted by atomic mass is 9.90. The first kappa shape index (κ1) is 33.4. The number of sulfonamides is 1. The van der Waals surface area contributed by atoms with Crippen LogP contribution < -0.4 is 10.1 Å². The maximum Gasteiger partial charge on any atom is 0.286 e. The quantitative estimate of drug-likeness (QED) is 0.178. The van der Waals surface area contributed by atoms with Gasteiger partial charge in [0.15, 0.2) is 5.76 Å². The molecule has 2 aliphatic rings. The number of allylic oxidation sites excluding steroid dienone is 1. The topological polar surface area (TPSA) is 114 Å². The maximum atomic E-state index is 13.4. The molecular weight excluding hydrogens is 635 g/mol. The zero-order valence-electron chi connectivity index (χ0n) is 26.5. The molecule has 0 aromatic heterocycles. The van der Waals surface area contributed by atoms with Crippen LogP contribution in [-0.2, 0) is 37.3 Å². The molecule has 1 aliphatic carbocycles. The van der Waals surface area contributed by atoms with E-state index in [1.54, 1.807) is 30.3 Å². The van der Waals surface area contributed by atoms with Gasteiger partial charge in [-0.25, -0.2) is 12.8 Å². The zero-order valence-corrected chi connectivity index (χ0v) is 27.3. The van der Waals surface area contributed by atoms with Gasteiger partial charge in [-0.15, -0.1) is 0 Å². The summed E-state index contributed by atoms with van der Waals surface area (Å²) in [5.74, 6) is -0.428. The van der Waals surface area contributed by atoms with Crippen molar-refractivity contribution in [1.29, 1.82) is 0 Å². The highest BCUT2D eigenvalue weighted by Crippen LogP contribution is 2.40. The average molecular weight is 673 g/mol. The zero-order chi connectivity index (χ0) is 33.7. The van der Waals surface area contributed by atoms with Gasteiger partial charge in [-0.2, -0.15) is 4.31 Å². The summed E-state index contributed by atoms with van der Waals surface area (Å²) in [4.78, 5) is 13.4. The van der Waals surface area contributed by atoms with Crippen LogP contribution in [0, 0.1) is 5.82 Å². The van der Waals surface area contributed by atoms with E-state index in [4.69, 9.17) is 14.2 Å². The third-order valence-electron chi connectivity index (χ3n) is 8.58. The van der Waals surface area contributed by atoms with Crippen LogP contribution in [0.5, 0.6) is 5.75 Å². The number of nitrogens with one attached hydrogen (secondary N) is 1. The minimum Gasteiger partial charge on any atom is -0.497 e. The number of aliphatic hydroxyl groups excluding tert-OH is 1. The first-order chi connectivity index (χ1) is 23.2. The molecule has 1 heterocycles. The lowest BCUT2D eigenvalue weighted by molar-refractivity contribution is -0.146. The Labute approximate surface area is 279 Å². The number of hydrogen-bond acceptors (Lipinski definition) is 7. The minimum absolute atomic E-state index is 0.0449. The van der Waals surface area contributed by atoms with E-state index in [0.717, 1.165) is 21.9 Å². The summed E-state index contributed by atoms with van der Waals surface area (Å²) in [7, 11) is -2.44. The number of carbonyl (C=O) groups excluding carboxylic acids is 1. The molecule has 11 heteroatoms. The average Bonchev–Trinajstić information content (AvgIpc) is 3.48. The van der Waals surface area contributed by atoms with Gasteiger partial charge in [0.25, 0.3) is 5.91 Å². The number of aliphatic hydroxyl groups is 1. The molecule has 4 aromatic rings. The van der Waals surface area contributed by atoms with Gasteiger partial charge in [-0.3, -0.25) is 4.79 Å². The standard InChI is InChI=1S/C37H37FN2O7S/c1-45-31-11-13-32(14-12-31)48(43,44)40(16-18-41)17-19-46-36-23-28(22-35(47-36)37(42)39-24-25-6-9-30(38)10-7-25)26-8-15-34-29(20-26)21-27-4-2-3-5-33(27)34/h2-15,20,22,28,36,41H,16-19,21,23-24H2,1H3,(H,39,42)/t28-,36+/m1/s1. The number of hydrogen-bond donors (Lipinski definition) is 2. The van der Waals surface area contributed by atoms with Crippen molar-refractivity contribution in [2.24, 2.45) is 0 Å². The second-order valence-corrected chi connectivity index (χ2v) is 13.6. The van der Waals surface area contributed by atoms with E-state index < -0.39 is 22.2 Å².